The standard InChI is InChI=1S/C13H18N2O/c1-11-6-3-4-7-12(11)15-9-5-8-14(2)13(16)10-15/h3-4,6-7H,5,8-10H2,1-2H3. The molecule has 0 aromatic heterocycles. The zero-order chi connectivity index (χ0) is 11.5. The van der Waals surface area contributed by atoms with Crippen molar-refractivity contribution >= 4 is 11.6 Å². The summed E-state index contributed by atoms with van der Waals surface area (Å²) in [5.41, 5.74) is 2.42. The molecular weight excluding hydrogens is 200 g/mol. The second-order valence-electron chi connectivity index (χ2n) is 4.38. The molecule has 0 bridgehead atoms. The number of amides is 1. The maximum absolute atomic E-state index is 11.8. The minimum Gasteiger partial charge on any atom is -0.362 e. The van der Waals surface area contributed by atoms with Crippen molar-refractivity contribution in [2.75, 3.05) is 31.6 Å². The molecule has 16 heavy (non-hydrogen) atoms. The highest BCUT2D eigenvalue weighted by atomic mass is 16.2. The molecule has 3 nitrogen and oxygen atoms in total. The fourth-order valence-electron chi connectivity index (χ4n) is 2.11. The lowest BCUT2D eigenvalue weighted by Crippen LogP contribution is -2.34. The largest absolute Gasteiger partial charge is 0.362 e. The molecule has 1 aliphatic heterocycles. The van der Waals surface area contributed by atoms with Crippen LogP contribution in [-0.2, 0) is 4.79 Å². The second kappa shape index (κ2) is 4.56. The number of carbonyl (C=O) groups excluding carboxylic acids is 1. The Labute approximate surface area is 96.7 Å². The third-order valence-corrected chi connectivity index (χ3v) is 3.13. The highest BCUT2D eigenvalue weighted by Crippen LogP contribution is 2.20. The topological polar surface area (TPSA) is 23.6 Å². The number of carbonyl (C=O) groups is 1. The van der Waals surface area contributed by atoms with Gasteiger partial charge in [-0.2, -0.15) is 0 Å². The number of benzene rings is 1. The van der Waals surface area contributed by atoms with Gasteiger partial charge in [0.1, 0.15) is 0 Å². The third-order valence-electron chi connectivity index (χ3n) is 3.13. The van der Waals surface area contributed by atoms with E-state index in [0.717, 1.165) is 19.5 Å². The van der Waals surface area contributed by atoms with Crippen LogP contribution < -0.4 is 4.90 Å². The number of rotatable bonds is 1. The lowest BCUT2D eigenvalue weighted by molar-refractivity contribution is -0.127. The number of hydrogen-bond acceptors (Lipinski definition) is 2. The van der Waals surface area contributed by atoms with Gasteiger partial charge >= 0.3 is 0 Å². The SMILES string of the molecule is Cc1ccccc1N1CCCN(C)C(=O)C1. The van der Waals surface area contributed by atoms with E-state index < -0.39 is 0 Å². The molecule has 1 aromatic carbocycles. The van der Waals surface area contributed by atoms with Gasteiger partial charge in [0, 0.05) is 25.8 Å². The molecule has 0 atom stereocenters. The van der Waals surface area contributed by atoms with Gasteiger partial charge in [0.2, 0.25) is 5.91 Å². The molecule has 1 saturated heterocycles. The van der Waals surface area contributed by atoms with Crippen molar-refractivity contribution in [2.24, 2.45) is 0 Å². The Morgan fingerprint density at radius 3 is 2.69 bits per heavy atom. The van der Waals surface area contributed by atoms with Crippen molar-refractivity contribution in [3.05, 3.63) is 29.8 Å². The molecule has 2 rings (SSSR count). The van der Waals surface area contributed by atoms with E-state index in [0.29, 0.717) is 6.54 Å². The zero-order valence-electron chi connectivity index (χ0n) is 9.94. The first-order valence-electron chi connectivity index (χ1n) is 5.73. The maximum atomic E-state index is 11.8. The molecule has 86 valence electrons. The number of nitrogens with zero attached hydrogens (tertiary/aromatic N) is 2. The highest BCUT2D eigenvalue weighted by molar-refractivity contribution is 5.82. The van der Waals surface area contributed by atoms with Gasteiger partial charge in [0.25, 0.3) is 0 Å². The first kappa shape index (κ1) is 11.0. The van der Waals surface area contributed by atoms with Crippen LogP contribution in [0.4, 0.5) is 5.69 Å². The van der Waals surface area contributed by atoms with E-state index in [9.17, 15) is 4.79 Å². The second-order valence-corrected chi connectivity index (χ2v) is 4.38. The number of anilines is 1. The lowest BCUT2D eigenvalue weighted by Gasteiger charge is -2.23. The van der Waals surface area contributed by atoms with Gasteiger partial charge in [-0.3, -0.25) is 4.79 Å². The first-order chi connectivity index (χ1) is 7.68. The summed E-state index contributed by atoms with van der Waals surface area (Å²) in [4.78, 5) is 15.8. The number of aryl methyl sites for hydroxylation is 1. The zero-order valence-corrected chi connectivity index (χ0v) is 9.94. The van der Waals surface area contributed by atoms with Crippen LogP contribution in [0, 0.1) is 6.92 Å². The van der Waals surface area contributed by atoms with E-state index in [1.807, 2.05) is 24.1 Å². The smallest absolute Gasteiger partial charge is 0.241 e. The lowest BCUT2D eigenvalue weighted by atomic mass is 10.2. The van der Waals surface area contributed by atoms with Crippen LogP contribution in [0.15, 0.2) is 24.3 Å². The quantitative estimate of drug-likeness (QED) is 0.715. The minimum absolute atomic E-state index is 0.209. The molecular formula is C13H18N2O. The molecule has 1 aliphatic rings. The molecule has 0 spiro atoms. The summed E-state index contributed by atoms with van der Waals surface area (Å²) < 4.78 is 0. The van der Waals surface area contributed by atoms with E-state index in [2.05, 4.69) is 24.0 Å². The van der Waals surface area contributed by atoms with Gasteiger partial charge < -0.3 is 9.80 Å². The predicted molar refractivity (Wildman–Crippen MR) is 65.6 cm³/mol. The van der Waals surface area contributed by atoms with E-state index in [-0.39, 0.29) is 5.91 Å². The van der Waals surface area contributed by atoms with Crippen LogP contribution in [0.2, 0.25) is 0 Å². The summed E-state index contributed by atoms with van der Waals surface area (Å²) >= 11 is 0. The van der Waals surface area contributed by atoms with Gasteiger partial charge in [-0.25, -0.2) is 0 Å². The molecule has 3 heteroatoms. The fourth-order valence-corrected chi connectivity index (χ4v) is 2.11. The molecule has 1 aromatic rings. The summed E-state index contributed by atoms with van der Waals surface area (Å²) in [5, 5.41) is 0. The van der Waals surface area contributed by atoms with Crippen LogP contribution in [0.25, 0.3) is 0 Å². The fraction of sp³-hybridized carbons (Fsp3) is 0.462. The van der Waals surface area contributed by atoms with Gasteiger partial charge in [-0.1, -0.05) is 18.2 Å². The van der Waals surface area contributed by atoms with Crippen molar-refractivity contribution < 1.29 is 4.79 Å². The Bertz CT molecular complexity index is 389. The monoisotopic (exact) mass is 218 g/mol. The number of para-hydroxylation sites is 1. The summed E-state index contributed by atoms with van der Waals surface area (Å²) in [6.07, 6.45) is 1.04. The normalized spacial score (nSPS) is 17.5. The average Bonchev–Trinajstić information content (AvgIpc) is 2.43. The van der Waals surface area contributed by atoms with Gasteiger partial charge in [0.05, 0.1) is 6.54 Å². The summed E-state index contributed by atoms with van der Waals surface area (Å²) in [6, 6.07) is 8.24. The summed E-state index contributed by atoms with van der Waals surface area (Å²) in [7, 11) is 1.88. The third kappa shape index (κ3) is 2.18. The molecule has 0 saturated carbocycles. The number of hydrogen-bond donors (Lipinski definition) is 0. The van der Waals surface area contributed by atoms with Gasteiger partial charge in [-0.15, -0.1) is 0 Å². The van der Waals surface area contributed by atoms with Crippen molar-refractivity contribution in [2.45, 2.75) is 13.3 Å². The van der Waals surface area contributed by atoms with Crippen LogP contribution in [0.1, 0.15) is 12.0 Å². The highest BCUT2D eigenvalue weighted by Gasteiger charge is 2.19. The predicted octanol–water partition coefficient (Wildman–Crippen LogP) is 1.66. The van der Waals surface area contributed by atoms with Gasteiger partial charge in [0.15, 0.2) is 0 Å². The van der Waals surface area contributed by atoms with Gasteiger partial charge in [-0.05, 0) is 25.0 Å². The molecule has 1 amide bonds. The first-order valence-corrected chi connectivity index (χ1v) is 5.73. The molecule has 0 radical (unpaired) electrons. The Morgan fingerprint density at radius 2 is 1.94 bits per heavy atom. The molecule has 1 heterocycles. The Kier molecular flexibility index (Phi) is 3.13. The van der Waals surface area contributed by atoms with E-state index in [4.69, 9.17) is 0 Å². The molecule has 0 unspecified atom stereocenters. The Morgan fingerprint density at radius 1 is 1.19 bits per heavy atom. The van der Waals surface area contributed by atoms with E-state index in [1.165, 1.54) is 11.3 Å². The minimum atomic E-state index is 0.209. The number of likely N-dealkylation sites (N-methyl/N-ethyl adjacent to an activating group) is 1. The Balaban J connectivity index is 2.21. The van der Waals surface area contributed by atoms with E-state index in [1.54, 1.807) is 0 Å². The van der Waals surface area contributed by atoms with Crippen LogP contribution >= 0.6 is 0 Å². The Hall–Kier alpha value is -1.51. The van der Waals surface area contributed by atoms with Crippen molar-refractivity contribution in [3.63, 3.8) is 0 Å². The van der Waals surface area contributed by atoms with Crippen LogP contribution in [-0.4, -0.2) is 37.5 Å². The summed E-state index contributed by atoms with van der Waals surface area (Å²) in [6.45, 7) is 4.41. The maximum Gasteiger partial charge on any atom is 0.241 e. The molecule has 1 fully saturated rings. The van der Waals surface area contributed by atoms with Crippen molar-refractivity contribution in [1.29, 1.82) is 0 Å². The molecule has 0 aliphatic carbocycles. The van der Waals surface area contributed by atoms with Crippen molar-refractivity contribution in [3.8, 4) is 0 Å². The van der Waals surface area contributed by atoms with E-state index >= 15 is 0 Å². The van der Waals surface area contributed by atoms with Crippen molar-refractivity contribution in [1.82, 2.24) is 4.90 Å². The average molecular weight is 218 g/mol. The summed E-state index contributed by atoms with van der Waals surface area (Å²) in [5.74, 6) is 0.209. The molecule has 0 N–H and O–H groups in total. The van der Waals surface area contributed by atoms with Crippen LogP contribution in [0.5, 0.6) is 0 Å². The van der Waals surface area contributed by atoms with Crippen LogP contribution in [0.3, 0.4) is 0 Å².